The predicted molar refractivity (Wildman–Crippen MR) is 76.4 cm³/mol. The van der Waals surface area contributed by atoms with Gasteiger partial charge in [0.05, 0.1) is 6.54 Å². The highest BCUT2D eigenvalue weighted by Gasteiger charge is 2.20. The Morgan fingerprint density at radius 1 is 1.44 bits per heavy atom. The molecule has 1 aliphatic rings. The van der Waals surface area contributed by atoms with Gasteiger partial charge in [-0.1, -0.05) is 11.6 Å². The van der Waals surface area contributed by atoms with Crippen LogP contribution in [0.4, 0.5) is 5.69 Å². The van der Waals surface area contributed by atoms with Gasteiger partial charge >= 0.3 is 0 Å². The largest absolute Gasteiger partial charge is 0.326 e. The van der Waals surface area contributed by atoms with Gasteiger partial charge in [-0.3, -0.25) is 9.69 Å². The smallest absolute Gasteiger partial charge is 0.238 e. The van der Waals surface area contributed by atoms with Gasteiger partial charge in [-0.15, -0.1) is 12.4 Å². The summed E-state index contributed by atoms with van der Waals surface area (Å²) in [6.45, 7) is 2.10. The van der Waals surface area contributed by atoms with Crippen LogP contribution >= 0.6 is 24.0 Å². The summed E-state index contributed by atoms with van der Waals surface area (Å²) in [6, 6.07) is 7.29. The van der Waals surface area contributed by atoms with E-state index < -0.39 is 0 Å². The molecule has 1 aliphatic heterocycles. The topological polar surface area (TPSA) is 58.4 Å². The molecule has 0 bridgehead atoms. The van der Waals surface area contributed by atoms with Crippen molar-refractivity contribution >= 4 is 35.6 Å². The van der Waals surface area contributed by atoms with Gasteiger partial charge in [-0.25, -0.2) is 0 Å². The van der Waals surface area contributed by atoms with Crippen molar-refractivity contribution in [3.8, 4) is 0 Å². The minimum Gasteiger partial charge on any atom is -0.326 e. The minimum atomic E-state index is -0.0126. The standard InChI is InChI=1S/C12H16ClN3O.ClH/c13-9-1-3-11(4-2-9)15-12(17)8-16-6-5-10(14)7-16;/h1-4,10H,5-8,14H2,(H,15,17);1H. The summed E-state index contributed by atoms with van der Waals surface area (Å²) in [6.07, 6.45) is 0.966. The first-order valence-electron chi connectivity index (χ1n) is 5.67. The summed E-state index contributed by atoms with van der Waals surface area (Å²) in [5, 5.41) is 3.49. The van der Waals surface area contributed by atoms with E-state index in [2.05, 4.69) is 10.2 Å². The maximum absolute atomic E-state index is 11.7. The number of nitrogens with two attached hydrogens (primary N) is 1. The van der Waals surface area contributed by atoms with Crippen molar-refractivity contribution in [1.82, 2.24) is 4.90 Å². The fraction of sp³-hybridized carbons (Fsp3) is 0.417. The Bertz CT molecular complexity index is 397. The molecule has 1 heterocycles. The Balaban J connectivity index is 0.00000162. The number of carbonyl (C=O) groups is 1. The van der Waals surface area contributed by atoms with E-state index in [1.165, 1.54) is 0 Å². The Morgan fingerprint density at radius 2 is 2.11 bits per heavy atom. The Morgan fingerprint density at radius 3 is 2.67 bits per heavy atom. The number of anilines is 1. The van der Waals surface area contributed by atoms with Gasteiger partial charge in [0.25, 0.3) is 0 Å². The molecule has 0 spiro atoms. The van der Waals surface area contributed by atoms with Crippen molar-refractivity contribution in [2.45, 2.75) is 12.5 Å². The molecule has 1 aromatic rings. The lowest BCUT2D eigenvalue weighted by Crippen LogP contribution is -2.33. The molecule has 1 amide bonds. The quantitative estimate of drug-likeness (QED) is 0.891. The third kappa shape index (κ3) is 4.46. The van der Waals surface area contributed by atoms with Gasteiger partial charge in [0.1, 0.15) is 0 Å². The van der Waals surface area contributed by atoms with Crippen molar-refractivity contribution in [3.05, 3.63) is 29.3 Å². The lowest BCUT2D eigenvalue weighted by Gasteiger charge is -2.14. The third-order valence-electron chi connectivity index (χ3n) is 2.80. The van der Waals surface area contributed by atoms with Gasteiger partial charge in [-0.2, -0.15) is 0 Å². The molecule has 0 saturated carbocycles. The monoisotopic (exact) mass is 289 g/mol. The van der Waals surface area contributed by atoms with Gasteiger partial charge in [0, 0.05) is 29.8 Å². The summed E-state index contributed by atoms with van der Waals surface area (Å²) in [5.74, 6) is -0.0126. The number of hydrogen-bond donors (Lipinski definition) is 2. The number of rotatable bonds is 3. The van der Waals surface area contributed by atoms with Crippen molar-refractivity contribution in [2.75, 3.05) is 25.0 Å². The molecule has 0 radical (unpaired) electrons. The zero-order valence-electron chi connectivity index (χ0n) is 9.93. The fourth-order valence-corrected chi connectivity index (χ4v) is 2.07. The molecule has 1 saturated heterocycles. The van der Waals surface area contributed by atoms with Crippen LogP contribution in [0.25, 0.3) is 0 Å². The molecule has 3 N–H and O–H groups in total. The minimum absolute atomic E-state index is 0. The molecule has 0 aromatic heterocycles. The maximum atomic E-state index is 11.7. The van der Waals surface area contributed by atoms with E-state index >= 15 is 0 Å². The summed E-state index contributed by atoms with van der Waals surface area (Å²) >= 11 is 5.77. The second-order valence-corrected chi connectivity index (χ2v) is 4.78. The zero-order chi connectivity index (χ0) is 12.3. The molecule has 6 heteroatoms. The van der Waals surface area contributed by atoms with Crippen molar-refractivity contribution in [1.29, 1.82) is 0 Å². The SMILES string of the molecule is Cl.NC1CCN(CC(=O)Nc2ccc(Cl)cc2)C1. The van der Waals surface area contributed by atoms with Crippen LogP contribution < -0.4 is 11.1 Å². The fourth-order valence-electron chi connectivity index (χ4n) is 1.94. The Hall–Kier alpha value is -0.810. The highest BCUT2D eigenvalue weighted by Crippen LogP contribution is 2.13. The first kappa shape index (κ1) is 15.2. The predicted octanol–water partition coefficient (Wildman–Crippen LogP) is 1.73. The van der Waals surface area contributed by atoms with Crippen LogP contribution in [-0.2, 0) is 4.79 Å². The van der Waals surface area contributed by atoms with Crippen LogP contribution in [0.3, 0.4) is 0 Å². The summed E-state index contributed by atoms with van der Waals surface area (Å²) in [7, 11) is 0. The molecular weight excluding hydrogens is 273 g/mol. The van der Waals surface area contributed by atoms with E-state index in [9.17, 15) is 4.79 Å². The summed E-state index contributed by atoms with van der Waals surface area (Å²) < 4.78 is 0. The maximum Gasteiger partial charge on any atom is 0.238 e. The van der Waals surface area contributed by atoms with Gasteiger partial charge in [0.2, 0.25) is 5.91 Å². The van der Waals surface area contributed by atoms with E-state index in [1.807, 2.05) is 0 Å². The van der Waals surface area contributed by atoms with E-state index in [1.54, 1.807) is 24.3 Å². The Labute approximate surface area is 118 Å². The molecule has 4 nitrogen and oxygen atoms in total. The number of benzene rings is 1. The second kappa shape index (κ2) is 6.95. The average Bonchev–Trinajstić information content (AvgIpc) is 2.67. The molecule has 0 aliphatic carbocycles. The summed E-state index contributed by atoms with van der Waals surface area (Å²) in [5.41, 5.74) is 6.55. The van der Waals surface area contributed by atoms with E-state index in [0.717, 1.165) is 25.2 Å². The molecule has 1 unspecified atom stereocenters. The lowest BCUT2D eigenvalue weighted by molar-refractivity contribution is -0.117. The van der Waals surface area contributed by atoms with Crippen LogP contribution in [0.15, 0.2) is 24.3 Å². The number of amides is 1. The van der Waals surface area contributed by atoms with Gasteiger partial charge in [-0.05, 0) is 30.7 Å². The van der Waals surface area contributed by atoms with Crippen molar-refractivity contribution < 1.29 is 4.79 Å². The third-order valence-corrected chi connectivity index (χ3v) is 3.06. The Kier molecular flexibility index (Phi) is 5.88. The van der Waals surface area contributed by atoms with E-state index in [-0.39, 0.29) is 24.4 Å². The summed E-state index contributed by atoms with van der Waals surface area (Å²) in [4.78, 5) is 13.8. The van der Waals surface area contributed by atoms with E-state index in [4.69, 9.17) is 17.3 Å². The number of carbonyl (C=O) groups excluding carboxylic acids is 1. The number of nitrogens with one attached hydrogen (secondary N) is 1. The number of hydrogen-bond acceptors (Lipinski definition) is 3. The van der Waals surface area contributed by atoms with E-state index in [0.29, 0.717) is 11.6 Å². The normalized spacial score (nSPS) is 19.3. The molecule has 2 rings (SSSR count). The van der Waals surface area contributed by atoms with Crippen LogP contribution in [0.1, 0.15) is 6.42 Å². The highest BCUT2D eigenvalue weighted by molar-refractivity contribution is 6.30. The molecule has 100 valence electrons. The van der Waals surface area contributed by atoms with Gasteiger partial charge < -0.3 is 11.1 Å². The number of halogens is 2. The van der Waals surface area contributed by atoms with Crippen LogP contribution in [0, 0.1) is 0 Å². The van der Waals surface area contributed by atoms with Crippen LogP contribution in [0.2, 0.25) is 5.02 Å². The molecular formula is C12H17Cl2N3O. The van der Waals surface area contributed by atoms with Gasteiger partial charge in [0.15, 0.2) is 0 Å². The average molecular weight is 290 g/mol. The lowest BCUT2D eigenvalue weighted by atomic mass is 10.3. The second-order valence-electron chi connectivity index (χ2n) is 4.34. The van der Waals surface area contributed by atoms with Crippen LogP contribution in [-0.4, -0.2) is 36.5 Å². The first-order chi connectivity index (χ1) is 8.13. The molecule has 1 fully saturated rings. The number of likely N-dealkylation sites (tertiary alicyclic amines) is 1. The number of nitrogens with zero attached hydrogens (tertiary/aromatic N) is 1. The molecule has 1 atom stereocenters. The zero-order valence-corrected chi connectivity index (χ0v) is 11.5. The highest BCUT2D eigenvalue weighted by atomic mass is 35.5. The van der Waals surface area contributed by atoms with Crippen molar-refractivity contribution in [2.24, 2.45) is 5.73 Å². The van der Waals surface area contributed by atoms with Crippen molar-refractivity contribution in [3.63, 3.8) is 0 Å². The molecule has 1 aromatic carbocycles. The first-order valence-corrected chi connectivity index (χ1v) is 6.04. The van der Waals surface area contributed by atoms with Crippen LogP contribution in [0.5, 0.6) is 0 Å². The molecule has 18 heavy (non-hydrogen) atoms.